The summed E-state index contributed by atoms with van der Waals surface area (Å²) >= 11 is 0. The predicted molar refractivity (Wildman–Crippen MR) is 94.3 cm³/mol. The first-order valence-electron chi connectivity index (χ1n) is 7.77. The zero-order valence-electron chi connectivity index (χ0n) is 14.3. The number of hydrogen-bond acceptors (Lipinski definition) is 3. The summed E-state index contributed by atoms with van der Waals surface area (Å²) in [5.41, 5.74) is 4.69. The van der Waals surface area contributed by atoms with Crippen LogP contribution in [0.25, 0.3) is 11.0 Å². The number of nitrogens with one attached hydrogen (secondary N) is 1. The minimum absolute atomic E-state index is 0.0348. The zero-order chi connectivity index (χ0) is 17.4. The molecule has 6 heteroatoms. The molecule has 0 bridgehead atoms. The van der Waals surface area contributed by atoms with Crippen molar-refractivity contribution in [1.82, 2.24) is 14.1 Å². The van der Waals surface area contributed by atoms with Gasteiger partial charge in [0.2, 0.25) is 5.91 Å². The first-order chi connectivity index (χ1) is 11.4. The number of benzene rings is 1. The standard InChI is InChI=1S/C18H20N4O2/c1-11-9-12(2)19-13(3)17(11)20-16(23)10-22-15-8-6-5-7-14(15)21(4)18(22)24/h5-9H,10H2,1-4H3,(H,20,23). The van der Waals surface area contributed by atoms with Gasteiger partial charge in [0.15, 0.2) is 0 Å². The Morgan fingerprint density at radius 3 is 2.50 bits per heavy atom. The minimum Gasteiger partial charge on any atom is -0.323 e. The SMILES string of the molecule is Cc1cc(C)c(NC(=O)Cn2c(=O)n(C)c3ccccc32)c(C)n1. The number of aromatic nitrogens is 3. The molecule has 1 amide bonds. The number of nitrogens with zero attached hydrogens (tertiary/aromatic N) is 3. The summed E-state index contributed by atoms with van der Waals surface area (Å²) in [6, 6.07) is 9.36. The normalized spacial score (nSPS) is 11.0. The minimum atomic E-state index is -0.245. The summed E-state index contributed by atoms with van der Waals surface area (Å²) in [5.74, 6) is -0.245. The number of anilines is 1. The Morgan fingerprint density at radius 2 is 1.83 bits per heavy atom. The molecule has 2 aromatic heterocycles. The quantitative estimate of drug-likeness (QED) is 0.804. The molecule has 0 spiro atoms. The van der Waals surface area contributed by atoms with Crippen molar-refractivity contribution in [2.75, 3.05) is 5.32 Å². The fraction of sp³-hybridized carbons (Fsp3) is 0.278. The second-order valence-corrected chi connectivity index (χ2v) is 6.01. The smallest absolute Gasteiger partial charge is 0.323 e. The molecule has 0 atom stereocenters. The Balaban J connectivity index is 1.92. The van der Waals surface area contributed by atoms with Gasteiger partial charge >= 0.3 is 5.69 Å². The van der Waals surface area contributed by atoms with Crippen LogP contribution >= 0.6 is 0 Å². The molecule has 6 nitrogen and oxygen atoms in total. The maximum atomic E-state index is 12.5. The van der Waals surface area contributed by atoms with Gasteiger partial charge in [0.25, 0.3) is 0 Å². The monoisotopic (exact) mass is 324 g/mol. The molecule has 1 N–H and O–H groups in total. The summed E-state index contributed by atoms with van der Waals surface area (Å²) in [7, 11) is 1.71. The van der Waals surface area contributed by atoms with E-state index in [2.05, 4.69) is 10.3 Å². The van der Waals surface area contributed by atoms with Gasteiger partial charge in [-0.05, 0) is 44.5 Å². The van der Waals surface area contributed by atoms with Gasteiger partial charge in [-0.1, -0.05) is 12.1 Å². The summed E-state index contributed by atoms with van der Waals surface area (Å²) < 4.78 is 3.03. The van der Waals surface area contributed by atoms with Gasteiger partial charge in [-0.25, -0.2) is 4.79 Å². The van der Waals surface area contributed by atoms with Gasteiger partial charge in [-0.15, -0.1) is 0 Å². The van der Waals surface area contributed by atoms with Crippen molar-refractivity contribution in [3.8, 4) is 0 Å². The molecule has 0 aliphatic carbocycles. The third-order valence-electron chi connectivity index (χ3n) is 4.14. The van der Waals surface area contributed by atoms with Crippen molar-refractivity contribution in [1.29, 1.82) is 0 Å². The maximum Gasteiger partial charge on any atom is 0.329 e. The van der Waals surface area contributed by atoms with Crippen LogP contribution in [-0.2, 0) is 18.4 Å². The molecule has 2 heterocycles. The Bertz CT molecular complexity index is 975. The van der Waals surface area contributed by atoms with Crippen molar-refractivity contribution < 1.29 is 4.79 Å². The van der Waals surface area contributed by atoms with Crippen LogP contribution in [0.15, 0.2) is 35.1 Å². The molecule has 0 aliphatic rings. The van der Waals surface area contributed by atoms with Crippen LogP contribution in [0.5, 0.6) is 0 Å². The van der Waals surface area contributed by atoms with E-state index in [4.69, 9.17) is 0 Å². The second-order valence-electron chi connectivity index (χ2n) is 6.01. The molecule has 0 fully saturated rings. The molecule has 0 unspecified atom stereocenters. The summed E-state index contributed by atoms with van der Waals surface area (Å²) in [4.78, 5) is 29.2. The molecular formula is C18H20N4O2. The zero-order valence-corrected chi connectivity index (χ0v) is 14.3. The number of carbonyl (C=O) groups is 1. The van der Waals surface area contributed by atoms with Crippen LogP contribution in [0.4, 0.5) is 5.69 Å². The summed E-state index contributed by atoms with van der Waals surface area (Å²) in [6.45, 7) is 5.68. The number of rotatable bonds is 3. The van der Waals surface area contributed by atoms with Gasteiger partial charge in [-0.2, -0.15) is 0 Å². The lowest BCUT2D eigenvalue weighted by molar-refractivity contribution is -0.116. The fourth-order valence-electron chi connectivity index (χ4n) is 3.05. The van der Waals surface area contributed by atoms with E-state index in [1.165, 1.54) is 4.57 Å². The molecule has 3 rings (SSSR count). The van der Waals surface area contributed by atoms with E-state index in [1.54, 1.807) is 11.6 Å². The highest BCUT2D eigenvalue weighted by Crippen LogP contribution is 2.19. The molecule has 124 valence electrons. The molecule has 0 radical (unpaired) electrons. The number of carbonyl (C=O) groups excluding carboxylic acids is 1. The van der Waals surface area contributed by atoms with E-state index in [0.29, 0.717) is 5.69 Å². The molecular weight excluding hydrogens is 304 g/mol. The summed E-state index contributed by atoms with van der Waals surface area (Å²) in [5, 5.41) is 2.88. The lowest BCUT2D eigenvalue weighted by Crippen LogP contribution is -2.28. The predicted octanol–water partition coefficient (Wildman–Crippen LogP) is 2.30. The molecule has 24 heavy (non-hydrogen) atoms. The van der Waals surface area contributed by atoms with E-state index < -0.39 is 0 Å². The lowest BCUT2D eigenvalue weighted by atomic mass is 10.1. The highest BCUT2D eigenvalue weighted by Gasteiger charge is 2.15. The Labute approximate surface area is 139 Å². The van der Waals surface area contributed by atoms with Crippen LogP contribution in [0.1, 0.15) is 17.0 Å². The lowest BCUT2D eigenvalue weighted by Gasteiger charge is -2.12. The number of amides is 1. The van der Waals surface area contributed by atoms with E-state index >= 15 is 0 Å². The highest BCUT2D eigenvalue weighted by atomic mass is 16.2. The van der Waals surface area contributed by atoms with Gasteiger partial charge in [-0.3, -0.25) is 18.9 Å². The van der Waals surface area contributed by atoms with E-state index in [9.17, 15) is 9.59 Å². The Hall–Kier alpha value is -2.89. The van der Waals surface area contributed by atoms with Gasteiger partial charge in [0.1, 0.15) is 6.54 Å². The maximum absolute atomic E-state index is 12.5. The number of aryl methyl sites for hydroxylation is 4. The van der Waals surface area contributed by atoms with Crippen molar-refractivity contribution in [3.63, 3.8) is 0 Å². The van der Waals surface area contributed by atoms with Crippen molar-refractivity contribution >= 4 is 22.6 Å². The van der Waals surface area contributed by atoms with Crippen LogP contribution in [-0.4, -0.2) is 20.0 Å². The van der Waals surface area contributed by atoms with Crippen LogP contribution in [0.3, 0.4) is 0 Å². The number of imidazole rings is 1. The van der Waals surface area contributed by atoms with Crippen LogP contribution < -0.4 is 11.0 Å². The van der Waals surface area contributed by atoms with Gasteiger partial charge < -0.3 is 5.32 Å². The second kappa shape index (κ2) is 5.96. The van der Waals surface area contributed by atoms with Crippen LogP contribution in [0, 0.1) is 20.8 Å². The Morgan fingerprint density at radius 1 is 1.17 bits per heavy atom. The number of hydrogen-bond donors (Lipinski definition) is 1. The number of fused-ring (bicyclic) bond motifs is 1. The van der Waals surface area contributed by atoms with Gasteiger partial charge in [0.05, 0.1) is 22.4 Å². The molecule has 0 saturated carbocycles. The average Bonchev–Trinajstić information content (AvgIpc) is 2.76. The fourth-order valence-corrected chi connectivity index (χ4v) is 3.05. The number of para-hydroxylation sites is 2. The molecule has 3 aromatic rings. The van der Waals surface area contributed by atoms with Crippen LogP contribution in [0.2, 0.25) is 0 Å². The summed E-state index contributed by atoms with van der Waals surface area (Å²) in [6.07, 6.45) is 0. The van der Waals surface area contributed by atoms with E-state index in [0.717, 1.165) is 28.0 Å². The first-order valence-corrected chi connectivity index (χ1v) is 7.77. The highest BCUT2D eigenvalue weighted by molar-refractivity contribution is 5.92. The third kappa shape index (κ3) is 2.71. The number of pyridine rings is 1. The first kappa shape index (κ1) is 16.0. The van der Waals surface area contributed by atoms with Crippen molar-refractivity contribution in [3.05, 3.63) is 57.8 Å². The molecule has 0 aliphatic heterocycles. The van der Waals surface area contributed by atoms with E-state index in [1.807, 2.05) is 51.1 Å². The molecule has 1 aromatic carbocycles. The van der Waals surface area contributed by atoms with Crippen molar-refractivity contribution in [2.24, 2.45) is 7.05 Å². The van der Waals surface area contributed by atoms with Gasteiger partial charge in [0, 0.05) is 12.7 Å². The van der Waals surface area contributed by atoms with Crippen molar-refractivity contribution in [2.45, 2.75) is 27.3 Å². The third-order valence-corrected chi connectivity index (χ3v) is 4.14. The average molecular weight is 324 g/mol. The topological polar surface area (TPSA) is 68.9 Å². The largest absolute Gasteiger partial charge is 0.329 e. The van der Waals surface area contributed by atoms with E-state index in [-0.39, 0.29) is 18.1 Å². The molecule has 0 saturated heterocycles. The Kier molecular flexibility index (Phi) is 3.97.